The molecule has 0 spiro atoms. The molecule has 1 radical (unpaired) electrons. The average Bonchev–Trinajstić information content (AvgIpc) is 0.951. The Morgan fingerprint density at radius 2 is 0.212 bits per heavy atom. The first-order valence-electron chi connectivity index (χ1n) is 53.1. The topological polar surface area (TPSA) is 120 Å². The van der Waals surface area contributed by atoms with Gasteiger partial charge in [-0.2, -0.15) is 0 Å². The minimum absolute atomic E-state index is 0. The summed E-state index contributed by atoms with van der Waals surface area (Å²) in [6.07, 6.45) is 137. The Morgan fingerprint density at radius 3 is 0.305 bits per heavy atom. The van der Waals surface area contributed by atoms with Crippen LogP contribution in [0.1, 0.15) is 581 Å². The molecule has 0 aliphatic rings. The molecule has 0 atom stereocenters. The van der Waals surface area contributed by atoms with E-state index in [0.29, 0.717) is 37.0 Å². The van der Waals surface area contributed by atoms with Crippen LogP contribution in [0.25, 0.3) is 0 Å². The smallest absolute Gasteiger partial charge is 0.799 e. The summed E-state index contributed by atoms with van der Waals surface area (Å²) in [5.41, 5.74) is 0. The van der Waals surface area contributed by atoms with E-state index in [2.05, 4.69) is 114 Å². The number of hydrogen-bond donors (Lipinski definition) is 0. The summed E-state index contributed by atoms with van der Waals surface area (Å²) in [4.78, 5) is 37.0. The van der Waals surface area contributed by atoms with E-state index in [-0.39, 0.29) is 17.1 Å². The molecule has 0 N–H and O–H groups in total. The molecule has 0 bridgehead atoms. The molecular weight excluding hydrogens is 1540 g/mol. The summed E-state index contributed by atoms with van der Waals surface area (Å²) in [5.74, 6) is 0. The van der Waals surface area contributed by atoms with E-state index in [0.717, 1.165) is 77.0 Å². The number of hydrogen-bond acceptors (Lipinski definition) is 6. The maximum absolute atomic E-state index is 12.3. The molecule has 701 valence electrons. The molecule has 0 unspecified atom stereocenters. The first-order valence-corrected chi connectivity index (χ1v) is 59.1. The molecule has 0 saturated heterocycles. The predicted octanol–water partition coefficient (Wildman–Crippen LogP) is 38.1. The summed E-state index contributed by atoms with van der Waals surface area (Å²) in [5, 5.41) is 0. The van der Waals surface area contributed by atoms with Crippen molar-refractivity contribution in [3.8, 4) is 0 Å². The minimum atomic E-state index is -3.14. The quantitative estimate of drug-likeness (QED) is 0.0259. The number of allylic oxidation sites excluding steroid dienone is 12. The zero-order valence-electron chi connectivity index (χ0n) is 80.7. The third-order valence-corrected chi connectivity index (χ3v) is 30.0. The van der Waals surface area contributed by atoms with Crippen LogP contribution >= 0.6 is 22.1 Å². The zero-order valence-corrected chi connectivity index (χ0v) is 84.5. The van der Waals surface area contributed by atoms with Crippen LogP contribution in [0, 0.1) is 0 Å². The molecule has 0 aliphatic carbocycles. The Bertz CT molecular complexity index is 1810. The van der Waals surface area contributed by atoms with Crippen LogP contribution in [0.15, 0.2) is 72.9 Å². The summed E-state index contributed by atoms with van der Waals surface area (Å²) >= 11 is 0. The van der Waals surface area contributed by atoms with Gasteiger partial charge in [-0.15, -0.1) is 0 Å². The van der Waals surface area contributed by atoms with Gasteiger partial charge in [-0.05, 0) is 230 Å². The van der Waals surface area contributed by atoms with Gasteiger partial charge in [0.05, 0.1) is 0 Å². The number of unbranched alkanes of at least 4 members (excludes halogenated alkanes) is 72. The van der Waals surface area contributed by atoms with Crippen LogP contribution in [-0.2, 0) is 30.8 Å². The maximum Gasteiger partial charge on any atom is 3.00 e. The van der Waals surface area contributed by atoms with Gasteiger partial charge in [-0.3, -0.25) is 0 Å². The standard InChI is InChI=1S/3C36H71O2P.Fe/c3*1-3-5-7-9-11-13-15-17-19-21-23-25-27-29-31-33-35-39(37,38)36-34-32-30-28-26-24-22-20-18-16-14-12-10-8-6-4-2;/h3*17-20H,3-16,21-36H2,1-2H3,(H,37,38);/q;;;+3/p-3/b3*19-17-,20-18-;. The summed E-state index contributed by atoms with van der Waals surface area (Å²) in [7, 11) is -9.41. The monoisotopic (exact) mass is 1750 g/mol. The normalized spacial score (nSPS) is 12.3. The van der Waals surface area contributed by atoms with E-state index in [9.17, 15) is 28.4 Å². The molecule has 0 saturated carbocycles. The predicted molar refractivity (Wildman–Crippen MR) is 529 cm³/mol. The third-order valence-electron chi connectivity index (χ3n) is 24.1. The van der Waals surface area contributed by atoms with E-state index in [4.69, 9.17) is 0 Å². The van der Waals surface area contributed by atoms with Crippen LogP contribution in [0.5, 0.6) is 0 Å². The average molecular weight is 1750 g/mol. The van der Waals surface area contributed by atoms with Crippen molar-refractivity contribution in [1.29, 1.82) is 0 Å². The summed E-state index contributed by atoms with van der Waals surface area (Å²) in [6, 6.07) is 0. The Morgan fingerprint density at radius 1 is 0.136 bits per heavy atom. The van der Waals surface area contributed by atoms with Gasteiger partial charge in [-0.1, -0.05) is 461 Å². The summed E-state index contributed by atoms with van der Waals surface area (Å²) < 4.78 is 37.0. The molecule has 0 aliphatic heterocycles. The van der Waals surface area contributed by atoms with Crippen molar-refractivity contribution in [3.05, 3.63) is 72.9 Å². The first kappa shape index (κ1) is 124. The van der Waals surface area contributed by atoms with Gasteiger partial charge in [0.1, 0.15) is 0 Å². The van der Waals surface area contributed by atoms with Crippen LogP contribution in [-0.4, -0.2) is 37.0 Å². The van der Waals surface area contributed by atoms with Crippen LogP contribution in [0.2, 0.25) is 0 Å². The van der Waals surface area contributed by atoms with E-state index < -0.39 is 22.1 Å². The Hall–Kier alpha value is -0.471. The fourth-order valence-electron chi connectivity index (χ4n) is 15.9. The SMILES string of the molecule is CCCCCCCC/C=C\CCCCCCCCP(=O)([O-])CCCCCCCC/C=C\CCCCCCCC.CCCCCCCC/C=C\CCCCCCCCP(=O)([O-])CCCCCCCC/C=C\CCCCCCCC.CCCCCCCC/C=C\CCCCCCCCP(=O)([O-])CCCCCCCC/C=C\CCCCCCCC.[Fe+3]. The number of rotatable bonds is 96. The molecule has 0 amide bonds. The third kappa shape index (κ3) is 118. The molecule has 10 heteroatoms. The zero-order chi connectivity index (χ0) is 85.6. The fourth-order valence-corrected chi connectivity index (χ4v) is 20.8. The largest absolute Gasteiger partial charge is 3.00 e. The molecule has 0 aromatic heterocycles. The van der Waals surface area contributed by atoms with Crippen molar-refractivity contribution in [2.45, 2.75) is 581 Å². The van der Waals surface area contributed by atoms with E-state index in [1.807, 2.05) is 0 Å². The second-order valence-electron chi connectivity index (χ2n) is 36.4. The fraction of sp³-hybridized carbons (Fsp3) is 0.889. The second kappa shape index (κ2) is 109. The molecule has 0 aromatic carbocycles. The first-order chi connectivity index (χ1) is 57.4. The Kier molecular flexibility index (Phi) is 114. The molecule has 0 rings (SSSR count). The van der Waals surface area contributed by atoms with Gasteiger partial charge in [0.25, 0.3) is 0 Å². The van der Waals surface area contributed by atoms with E-state index in [1.54, 1.807) is 0 Å². The van der Waals surface area contributed by atoms with Crippen molar-refractivity contribution in [3.63, 3.8) is 0 Å². The molecule has 0 fully saturated rings. The summed E-state index contributed by atoms with van der Waals surface area (Å²) in [6.45, 7) is 13.6. The molecule has 0 heterocycles. The second-order valence-corrected chi connectivity index (χ2v) is 44.0. The van der Waals surface area contributed by atoms with Gasteiger partial charge in [-0.25, -0.2) is 0 Å². The van der Waals surface area contributed by atoms with E-state index in [1.165, 1.54) is 462 Å². The van der Waals surface area contributed by atoms with Crippen LogP contribution in [0.4, 0.5) is 0 Å². The van der Waals surface area contributed by atoms with Gasteiger partial charge < -0.3 is 28.4 Å². The van der Waals surface area contributed by atoms with Crippen molar-refractivity contribution in [2.24, 2.45) is 0 Å². The maximum atomic E-state index is 12.3. The molecule has 0 aromatic rings. The Labute approximate surface area is 753 Å². The van der Waals surface area contributed by atoms with Crippen molar-refractivity contribution in [1.82, 2.24) is 0 Å². The van der Waals surface area contributed by atoms with Crippen LogP contribution < -0.4 is 14.7 Å². The van der Waals surface area contributed by atoms with Gasteiger partial charge in [0, 0.05) is 22.1 Å². The van der Waals surface area contributed by atoms with E-state index >= 15 is 0 Å². The minimum Gasteiger partial charge on any atom is -0.799 e. The molecular formula is C108H210FeO6P3. The van der Waals surface area contributed by atoms with Crippen molar-refractivity contribution in [2.75, 3.05) is 37.0 Å². The molecule has 118 heavy (non-hydrogen) atoms. The van der Waals surface area contributed by atoms with Gasteiger partial charge in [0.2, 0.25) is 0 Å². The van der Waals surface area contributed by atoms with Gasteiger partial charge >= 0.3 is 17.1 Å². The van der Waals surface area contributed by atoms with Crippen molar-refractivity contribution >= 4 is 22.1 Å². The van der Waals surface area contributed by atoms with Gasteiger partial charge in [0.15, 0.2) is 0 Å². The van der Waals surface area contributed by atoms with Crippen molar-refractivity contribution < 1.29 is 45.4 Å². The molecule has 6 nitrogen and oxygen atoms in total. The Balaban J connectivity index is -0.000000823. The van der Waals surface area contributed by atoms with Crippen LogP contribution in [0.3, 0.4) is 0 Å².